The van der Waals surface area contributed by atoms with Gasteiger partial charge in [0.2, 0.25) is 0 Å². The van der Waals surface area contributed by atoms with Crippen molar-refractivity contribution in [2.45, 2.75) is 39.0 Å². The highest BCUT2D eigenvalue weighted by atomic mass is 16.5. The fourth-order valence-corrected chi connectivity index (χ4v) is 3.06. The molecule has 0 atom stereocenters. The summed E-state index contributed by atoms with van der Waals surface area (Å²) < 4.78 is 11.8. The summed E-state index contributed by atoms with van der Waals surface area (Å²) in [6.07, 6.45) is 11.7. The molecule has 27 heavy (non-hydrogen) atoms. The van der Waals surface area contributed by atoms with Crippen molar-refractivity contribution in [3.63, 3.8) is 0 Å². The predicted molar refractivity (Wildman–Crippen MR) is 114 cm³/mol. The zero-order valence-corrected chi connectivity index (χ0v) is 16.1. The summed E-state index contributed by atoms with van der Waals surface area (Å²) in [6.45, 7) is 6.48. The van der Waals surface area contributed by atoms with Gasteiger partial charge in [-0.25, -0.2) is 0 Å². The lowest BCUT2D eigenvalue weighted by atomic mass is 10.0. The average Bonchev–Trinajstić information content (AvgIpc) is 3.12. The van der Waals surface area contributed by atoms with E-state index in [0.29, 0.717) is 6.61 Å². The molecule has 0 radical (unpaired) electrons. The van der Waals surface area contributed by atoms with Crippen molar-refractivity contribution in [2.24, 2.45) is 0 Å². The molecule has 0 amide bonds. The van der Waals surface area contributed by atoms with Crippen molar-refractivity contribution in [1.29, 1.82) is 0 Å². The monoisotopic (exact) mass is 360 g/mol. The number of aryl methyl sites for hydroxylation is 1. The van der Waals surface area contributed by atoms with Crippen LogP contribution < -0.4 is 4.74 Å². The van der Waals surface area contributed by atoms with E-state index in [2.05, 4.69) is 43.8 Å². The molecule has 0 unspecified atom stereocenters. The minimum Gasteiger partial charge on any atom is -0.489 e. The van der Waals surface area contributed by atoms with Gasteiger partial charge in [0.1, 0.15) is 23.7 Å². The predicted octanol–water partition coefficient (Wildman–Crippen LogP) is 7.34. The van der Waals surface area contributed by atoms with Crippen LogP contribution in [0.3, 0.4) is 0 Å². The molecule has 0 aliphatic rings. The van der Waals surface area contributed by atoms with Gasteiger partial charge in [0.25, 0.3) is 0 Å². The number of benzene rings is 2. The molecule has 3 rings (SSSR count). The Morgan fingerprint density at radius 2 is 1.85 bits per heavy atom. The van der Waals surface area contributed by atoms with Gasteiger partial charge < -0.3 is 9.15 Å². The van der Waals surface area contributed by atoms with E-state index in [1.54, 1.807) is 0 Å². The molecule has 3 aromatic rings. The lowest BCUT2D eigenvalue weighted by Gasteiger charge is -2.02. The van der Waals surface area contributed by atoms with E-state index in [-0.39, 0.29) is 0 Å². The lowest BCUT2D eigenvalue weighted by Crippen LogP contribution is -1.92. The number of furan rings is 1. The molecule has 0 fully saturated rings. The largest absolute Gasteiger partial charge is 0.489 e. The Bertz CT molecular complexity index is 884. The molecule has 1 heterocycles. The topological polar surface area (TPSA) is 22.4 Å². The number of ether oxygens (including phenoxy) is 1. The SMILES string of the molecule is C=CC/C=C/COc1ccc2cc(-c3ccc(CCCCC)cc3)oc2c1. The Labute approximate surface area is 162 Å². The van der Waals surface area contributed by atoms with E-state index in [0.717, 1.165) is 40.9 Å². The molecule has 2 heteroatoms. The van der Waals surface area contributed by atoms with Gasteiger partial charge in [-0.15, -0.1) is 6.58 Å². The normalized spacial score (nSPS) is 11.3. The van der Waals surface area contributed by atoms with Gasteiger partial charge in [0.15, 0.2) is 0 Å². The first-order valence-electron chi connectivity index (χ1n) is 9.81. The summed E-state index contributed by atoms with van der Waals surface area (Å²) in [5, 5.41) is 1.09. The van der Waals surface area contributed by atoms with Gasteiger partial charge in [-0.1, -0.05) is 62.3 Å². The molecule has 0 aliphatic heterocycles. The molecule has 0 bridgehead atoms. The molecule has 0 saturated heterocycles. The van der Waals surface area contributed by atoms with Crippen LogP contribution >= 0.6 is 0 Å². The van der Waals surface area contributed by atoms with Crippen LogP contribution in [0, 0.1) is 0 Å². The van der Waals surface area contributed by atoms with Crippen LogP contribution in [0.2, 0.25) is 0 Å². The van der Waals surface area contributed by atoms with Gasteiger partial charge in [0, 0.05) is 17.0 Å². The smallest absolute Gasteiger partial charge is 0.138 e. The van der Waals surface area contributed by atoms with Crippen LogP contribution in [0.25, 0.3) is 22.3 Å². The number of allylic oxidation sites excluding steroid dienone is 2. The van der Waals surface area contributed by atoms with Crippen molar-refractivity contribution in [2.75, 3.05) is 6.61 Å². The highest BCUT2D eigenvalue weighted by molar-refractivity contribution is 5.84. The molecule has 1 aromatic heterocycles. The van der Waals surface area contributed by atoms with Crippen molar-refractivity contribution in [3.05, 3.63) is 78.9 Å². The maximum absolute atomic E-state index is 6.07. The number of hydrogen-bond acceptors (Lipinski definition) is 2. The second-order valence-corrected chi connectivity index (χ2v) is 6.77. The molecule has 0 N–H and O–H groups in total. The van der Waals surface area contributed by atoms with Gasteiger partial charge in [-0.2, -0.15) is 0 Å². The summed E-state index contributed by atoms with van der Waals surface area (Å²) in [4.78, 5) is 0. The molecule has 0 saturated carbocycles. The lowest BCUT2D eigenvalue weighted by molar-refractivity contribution is 0.362. The Morgan fingerprint density at radius 1 is 1.00 bits per heavy atom. The number of rotatable bonds is 10. The van der Waals surface area contributed by atoms with Crippen molar-refractivity contribution in [1.82, 2.24) is 0 Å². The minimum absolute atomic E-state index is 0.548. The second-order valence-electron chi connectivity index (χ2n) is 6.77. The maximum atomic E-state index is 6.07. The average molecular weight is 360 g/mol. The Morgan fingerprint density at radius 3 is 2.63 bits per heavy atom. The fraction of sp³-hybridized carbons (Fsp3) is 0.280. The van der Waals surface area contributed by atoms with Crippen molar-refractivity contribution >= 4 is 11.0 Å². The highest BCUT2D eigenvalue weighted by Gasteiger charge is 2.07. The van der Waals surface area contributed by atoms with Crippen LogP contribution in [-0.2, 0) is 6.42 Å². The molecule has 2 nitrogen and oxygen atoms in total. The number of unbranched alkanes of at least 4 members (excludes halogenated alkanes) is 2. The van der Waals surface area contributed by atoms with Gasteiger partial charge in [0.05, 0.1) is 0 Å². The third-order valence-corrected chi connectivity index (χ3v) is 4.61. The Balaban J connectivity index is 1.68. The molecular formula is C25H28O2. The van der Waals surface area contributed by atoms with Crippen LogP contribution in [0.5, 0.6) is 5.75 Å². The fourth-order valence-electron chi connectivity index (χ4n) is 3.06. The van der Waals surface area contributed by atoms with Crippen LogP contribution in [-0.4, -0.2) is 6.61 Å². The van der Waals surface area contributed by atoms with E-state index in [4.69, 9.17) is 9.15 Å². The van der Waals surface area contributed by atoms with Gasteiger partial charge in [-0.3, -0.25) is 0 Å². The van der Waals surface area contributed by atoms with Crippen LogP contribution in [0.4, 0.5) is 0 Å². The van der Waals surface area contributed by atoms with Crippen LogP contribution in [0.15, 0.2) is 77.8 Å². The molecule has 0 spiro atoms. The summed E-state index contributed by atoms with van der Waals surface area (Å²) in [7, 11) is 0. The number of hydrogen-bond donors (Lipinski definition) is 0. The van der Waals surface area contributed by atoms with E-state index < -0.39 is 0 Å². The first kappa shape index (κ1) is 19.0. The first-order chi connectivity index (χ1) is 13.3. The third kappa shape index (κ3) is 5.37. The maximum Gasteiger partial charge on any atom is 0.138 e. The summed E-state index contributed by atoms with van der Waals surface area (Å²) >= 11 is 0. The molecule has 0 aliphatic carbocycles. The molecular weight excluding hydrogens is 332 g/mol. The first-order valence-corrected chi connectivity index (χ1v) is 9.81. The summed E-state index contributed by atoms with van der Waals surface area (Å²) in [6, 6.07) is 16.8. The summed E-state index contributed by atoms with van der Waals surface area (Å²) in [5.74, 6) is 1.71. The quantitative estimate of drug-likeness (QED) is 0.279. The number of fused-ring (bicyclic) bond motifs is 1. The highest BCUT2D eigenvalue weighted by Crippen LogP contribution is 2.30. The minimum atomic E-state index is 0.548. The Hall–Kier alpha value is -2.74. The zero-order valence-electron chi connectivity index (χ0n) is 16.1. The molecule has 140 valence electrons. The van der Waals surface area contributed by atoms with Crippen molar-refractivity contribution in [3.8, 4) is 17.1 Å². The third-order valence-electron chi connectivity index (χ3n) is 4.61. The van der Waals surface area contributed by atoms with Gasteiger partial charge in [-0.05, 0) is 43.0 Å². The van der Waals surface area contributed by atoms with E-state index >= 15 is 0 Å². The summed E-state index contributed by atoms with van der Waals surface area (Å²) in [5.41, 5.74) is 3.35. The molecule has 2 aromatic carbocycles. The van der Waals surface area contributed by atoms with Crippen molar-refractivity contribution < 1.29 is 9.15 Å². The standard InChI is InChI=1S/C25H28O2/c1-3-5-7-9-17-26-23-16-15-22-18-24(27-25(22)19-23)21-13-11-20(12-14-21)10-8-6-4-2/h3,7,9,11-16,18-19H,1,4-6,8,10,17H2,2H3/b9-7+. The zero-order chi connectivity index (χ0) is 18.9. The van der Waals surface area contributed by atoms with Crippen LogP contribution in [0.1, 0.15) is 38.2 Å². The second kappa shape index (κ2) is 9.82. The van der Waals surface area contributed by atoms with E-state index in [1.165, 1.54) is 24.8 Å². The van der Waals surface area contributed by atoms with E-state index in [1.807, 2.05) is 36.4 Å². The Kier molecular flexibility index (Phi) is 6.92. The van der Waals surface area contributed by atoms with Gasteiger partial charge >= 0.3 is 0 Å². The van der Waals surface area contributed by atoms with E-state index in [9.17, 15) is 0 Å².